The van der Waals surface area contributed by atoms with Gasteiger partial charge in [0.1, 0.15) is 0 Å². The van der Waals surface area contributed by atoms with Crippen LogP contribution in [0.4, 0.5) is 5.82 Å². The van der Waals surface area contributed by atoms with Crippen LogP contribution in [0.5, 0.6) is 0 Å². The minimum atomic E-state index is 0.452. The maximum Gasteiger partial charge on any atom is 0.151 e. The quantitative estimate of drug-likeness (QED) is 0.799. The van der Waals surface area contributed by atoms with Crippen molar-refractivity contribution >= 4 is 5.82 Å². The summed E-state index contributed by atoms with van der Waals surface area (Å²) in [6.45, 7) is 3.81. The molecule has 1 fully saturated rings. The smallest absolute Gasteiger partial charge is 0.151 e. The van der Waals surface area contributed by atoms with Crippen LogP contribution >= 0.6 is 0 Å². The van der Waals surface area contributed by atoms with Gasteiger partial charge in [0.15, 0.2) is 5.82 Å². The van der Waals surface area contributed by atoms with Crippen molar-refractivity contribution in [2.24, 2.45) is 17.6 Å². The van der Waals surface area contributed by atoms with E-state index in [-0.39, 0.29) is 0 Å². The van der Waals surface area contributed by atoms with Gasteiger partial charge in [-0.1, -0.05) is 6.92 Å². The maximum absolute atomic E-state index is 5.63. The molecule has 1 aromatic heterocycles. The molecule has 2 N–H and O–H groups in total. The molecule has 4 heteroatoms. The lowest BCUT2D eigenvalue weighted by Gasteiger charge is -2.19. The van der Waals surface area contributed by atoms with Crippen molar-refractivity contribution in [3.63, 3.8) is 0 Å². The minimum Gasteiger partial charge on any atom is -0.358 e. The van der Waals surface area contributed by atoms with Gasteiger partial charge in [-0.2, -0.15) is 0 Å². The topological polar surface area (TPSA) is 55.0 Å². The fourth-order valence-electron chi connectivity index (χ4n) is 1.91. The van der Waals surface area contributed by atoms with E-state index >= 15 is 0 Å². The zero-order chi connectivity index (χ0) is 10.8. The molecule has 2 unspecified atom stereocenters. The molecule has 2 atom stereocenters. The minimum absolute atomic E-state index is 0.452. The third-order valence-electron chi connectivity index (χ3n) is 3.09. The molecule has 1 saturated carbocycles. The van der Waals surface area contributed by atoms with Crippen LogP contribution in [0.15, 0.2) is 12.4 Å². The Balaban J connectivity index is 2.06. The summed E-state index contributed by atoms with van der Waals surface area (Å²) in [5, 5.41) is 0. The summed E-state index contributed by atoms with van der Waals surface area (Å²) in [6.07, 6.45) is 4.75. The zero-order valence-electron chi connectivity index (χ0n) is 9.35. The first-order valence-corrected chi connectivity index (χ1v) is 5.43. The molecule has 0 amide bonds. The first-order valence-electron chi connectivity index (χ1n) is 5.43. The Kier molecular flexibility index (Phi) is 2.86. The van der Waals surface area contributed by atoms with Gasteiger partial charge in [-0.3, -0.25) is 4.98 Å². The Hall–Kier alpha value is -1.16. The number of rotatable bonds is 4. The van der Waals surface area contributed by atoms with Crippen LogP contribution < -0.4 is 10.6 Å². The lowest BCUT2D eigenvalue weighted by molar-refractivity contribution is 0.713. The van der Waals surface area contributed by atoms with Gasteiger partial charge < -0.3 is 10.6 Å². The lowest BCUT2D eigenvalue weighted by atomic mass is 10.3. The van der Waals surface area contributed by atoms with Crippen molar-refractivity contribution in [1.29, 1.82) is 0 Å². The van der Waals surface area contributed by atoms with Crippen molar-refractivity contribution in [3.8, 4) is 0 Å². The van der Waals surface area contributed by atoms with Gasteiger partial charge in [0, 0.05) is 32.5 Å². The van der Waals surface area contributed by atoms with Crippen LogP contribution in [0.1, 0.15) is 19.0 Å². The molecule has 82 valence electrons. The van der Waals surface area contributed by atoms with Gasteiger partial charge in [0.2, 0.25) is 0 Å². The lowest BCUT2D eigenvalue weighted by Crippen LogP contribution is -2.24. The molecule has 1 heterocycles. The van der Waals surface area contributed by atoms with E-state index in [1.54, 1.807) is 12.4 Å². The molecule has 0 aliphatic heterocycles. The summed E-state index contributed by atoms with van der Waals surface area (Å²) >= 11 is 0. The molecule has 0 bridgehead atoms. The molecule has 2 rings (SSSR count). The van der Waals surface area contributed by atoms with Crippen molar-refractivity contribution in [2.75, 3.05) is 18.5 Å². The van der Waals surface area contributed by atoms with Crippen molar-refractivity contribution < 1.29 is 0 Å². The van der Waals surface area contributed by atoms with Gasteiger partial charge >= 0.3 is 0 Å². The largest absolute Gasteiger partial charge is 0.358 e. The predicted octanol–water partition coefficient (Wildman–Crippen LogP) is 1.03. The Morgan fingerprint density at radius 1 is 1.47 bits per heavy atom. The van der Waals surface area contributed by atoms with Gasteiger partial charge in [-0.05, 0) is 18.3 Å². The van der Waals surface area contributed by atoms with Crippen LogP contribution in [0, 0.1) is 11.8 Å². The highest BCUT2D eigenvalue weighted by atomic mass is 15.2. The number of hydrogen-bond donors (Lipinski definition) is 1. The Bertz CT molecular complexity index is 339. The van der Waals surface area contributed by atoms with Gasteiger partial charge in [-0.25, -0.2) is 4.98 Å². The van der Waals surface area contributed by atoms with E-state index < -0.39 is 0 Å². The second-order valence-corrected chi connectivity index (χ2v) is 4.38. The summed E-state index contributed by atoms with van der Waals surface area (Å²) < 4.78 is 0. The molecule has 15 heavy (non-hydrogen) atoms. The number of hydrogen-bond acceptors (Lipinski definition) is 4. The fourth-order valence-corrected chi connectivity index (χ4v) is 1.91. The standard InChI is InChI=1S/C11H18N4/c1-8-5-9(8)7-15(2)11-10(6-12)13-3-4-14-11/h3-4,8-9H,5-7,12H2,1-2H3. The molecule has 1 aromatic rings. The number of nitrogens with two attached hydrogens (primary N) is 1. The third kappa shape index (κ3) is 2.26. The normalized spacial score (nSPS) is 23.9. The highest BCUT2D eigenvalue weighted by molar-refractivity contribution is 5.42. The summed E-state index contributed by atoms with van der Waals surface area (Å²) in [7, 11) is 2.06. The SMILES string of the molecule is CC1CC1CN(C)c1nccnc1CN. The summed E-state index contributed by atoms with van der Waals surface area (Å²) in [4.78, 5) is 10.7. The fraction of sp³-hybridized carbons (Fsp3) is 0.636. The zero-order valence-corrected chi connectivity index (χ0v) is 9.35. The summed E-state index contributed by atoms with van der Waals surface area (Å²) in [5.41, 5.74) is 6.52. The number of aromatic nitrogens is 2. The molecular weight excluding hydrogens is 188 g/mol. The Morgan fingerprint density at radius 3 is 2.73 bits per heavy atom. The van der Waals surface area contributed by atoms with Crippen LogP contribution in [-0.4, -0.2) is 23.6 Å². The number of anilines is 1. The van der Waals surface area contributed by atoms with Gasteiger partial charge in [0.05, 0.1) is 5.69 Å². The Morgan fingerprint density at radius 2 is 2.13 bits per heavy atom. The van der Waals surface area contributed by atoms with E-state index in [9.17, 15) is 0 Å². The van der Waals surface area contributed by atoms with Crippen LogP contribution in [0.2, 0.25) is 0 Å². The van der Waals surface area contributed by atoms with Crippen molar-refractivity contribution in [3.05, 3.63) is 18.1 Å². The highest BCUT2D eigenvalue weighted by Gasteiger charge is 2.33. The van der Waals surface area contributed by atoms with E-state index in [1.807, 2.05) is 0 Å². The van der Waals surface area contributed by atoms with Crippen molar-refractivity contribution in [1.82, 2.24) is 9.97 Å². The molecule has 0 aromatic carbocycles. The Labute approximate surface area is 90.5 Å². The van der Waals surface area contributed by atoms with Gasteiger partial charge in [0.25, 0.3) is 0 Å². The summed E-state index contributed by atoms with van der Waals surface area (Å²) in [5.74, 6) is 2.62. The molecule has 1 aliphatic rings. The van der Waals surface area contributed by atoms with E-state index in [1.165, 1.54) is 6.42 Å². The van der Waals surface area contributed by atoms with Crippen LogP contribution in [0.3, 0.4) is 0 Å². The predicted molar refractivity (Wildman–Crippen MR) is 60.5 cm³/mol. The molecule has 4 nitrogen and oxygen atoms in total. The van der Waals surface area contributed by atoms with Gasteiger partial charge in [-0.15, -0.1) is 0 Å². The maximum atomic E-state index is 5.63. The van der Waals surface area contributed by atoms with Crippen LogP contribution in [-0.2, 0) is 6.54 Å². The first-order chi connectivity index (χ1) is 7.22. The van der Waals surface area contributed by atoms with E-state index in [0.29, 0.717) is 6.54 Å². The summed E-state index contributed by atoms with van der Waals surface area (Å²) in [6, 6.07) is 0. The average molecular weight is 206 g/mol. The first kappa shape index (κ1) is 10.4. The molecular formula is C11H18N4. The molecule has 0 saturated heterocycles. The second-order valence-electron chi connectivity index (χ2n) is 4.38. The average Bonchev–Trinajstić information content (AvgIpc) is 2.94. The van der Waals surface area contributed by atoms with Crippen LogP contribution in [0.25, 0.3) is 0 Å². The third-order valence-corrected chi connectivity index (χ3v) is 3.09. The molecule has 0 radical (unpaired) electrons. The molecule has 1 aliphatic carbocycles. The number of nitrogens with zero attached hydrogens (tertiary/aromatic N) is 3. The monoisotopic (exact) mass is 206 g/mol. The van der Waals surface area contributed by atoms with E-state index in [2.05, 4.69) is 28.8 Å². The van der Waals surface area contributed by atoms with Crippen molar-refractivity contribution in [2.45, 2.75) is 19.9 Å². The highest BCUT2D eigenvalue weighted by Crippen LogP contribution is 2.38. The van der Waals surface area contributed by atoms with E-state index in [0.717, 1.165) is 29.9 Å². The molecule has 0 spiro atoms. The van der Waals surface area contributed by atoms with E-state index in [4.69, 9.17) is 5.73 Å². The second kappa shape index (κ2) is 4.14.